The van der Waals surface area contributed by atoms with Gasteiger partial charge in [-0.15, -0.1) is 5.92 Å². The fourth-order valence-corrected chi connectivity index (χ4v) is 3.06. The number of methoxy groups -OCH3 is 1. The number of benzene rings is 1. The van der Waals surface area contributed by atoms with Gasteiger partial charge in [-0.05, 0) is 38.0 Å². The van der Waals surface area contributed by atoms with E-state index < -0.39 is 0 Å². The maximum absolute atomic E-state index is 12.4. The third-order valence-corrected chi connectivity index (χ3v) is 4.14. The zero-order chi connectivity index (χ0) is 16.1. The summed E-state index contributed by atoms with van der Waals surface area (Å²) in [5, 5.41) is 0. The van der Waals surface area contributed by atoms with Crippen LogP contribution in [0.5, 0.6) is 5.75 Å². The van der Waals surface area contributed by atoms with Crippen molar-refractivity contribution < 1.29 is 13.7 Å². The summed E-state index contributed by atoms with van der Waals surface area (Å²) in [6.07, 6.45) is 2.24. The van der Waals surface area contributed by atoms with E-state index in [-0.39, 0.29) is 11.7 Å². The lowest BCUT2D eigenvalue weighted by Crippen LogP contribution is -2.19. The molecule has 1 atom stereocenters. The summed E-state index contributed by atoms with van der Waals surface area (Å²) >= 11 is 3.97. The number of carbonyl (C=O) groups is 1. The van der Waals surface area contributed by atoms with Crippen LogP contribution < -0.4 is 4.74 Å². The predicted octanol–water partition coefficient (Wildman–Crippen LogP) is 4.03. The van der Waals surface area contributed by atoms with Crippen molar-refractivity contribution in [1.82, 2.24) is 0 Å². The van der Waals surface area contributed by atoms with Crippen LogP contribution in [0, 0.1) is 17.8 Å². The van der Waals surface area contributed by atoms with E-state index in [2.05, 4.69) is 31.7 Å². The Bertz CT molecular complexity index is 665. The second-order valence-electron chi connectivity index (χ2n) is 5.19. The zero-order valence-electron chi connectivity index (χ0n) is 13.1. The largest absolute Gasteiger partial charge is 0.496 e. The normalized spacial score (nSPS) is 17.8. The van der Waals surface area contributed by atoms with Gasteiger partial charge in [-0.1, -0.05) is 12.8 Å². The van der Waals surface area contributed by atoms with Gasteiger partial charge in [0.25, 0.3) is 0 Å². The van der Waals surface area contributed by atoms with Crippen molar-refractivity contribution in [3.05, 3.63) is 35.1 Å². The maximum Gasteiger partial charge on any atom is 0.167 e. The Labute approximate surface area is 137 Å². The molecule has 2 rings (SSSR count). The van der Waals surface area contributed by atoms with Crippen LogP contribution in [0.2, 0.25) is 0 Å². The molecule has 0 saturated carbocycles. The van der Waals surface area contributed by atoms with Gasteiger partial charge in [-0.25, -0.2) is 0 Å². The highest BCUT2D eigenvalue weighted by molar-refractivity contribution is 7.75. The lowest BCUT2D eigenvalue weighted by atomic mass is 9.82. The van der Waals surface area contributed by atoms with Crippen LogP contribution in [-0.4, -0.2) is 12.9 Å². The van der Waals surface area contributed by atoms with E-state index in [1.54, 1.807) is 14.0 Å². The molecule has 0 radical (unpaired) electrons. The van der Waals surface area contributed by atoms with Gasteiger partial charge in [0.1, 0.15) is 11.5 Å². The molecule has 0 bridgehead atoms. The number of Topliss-reactive ketones (excluding diaryl/α,β-unsaturated/α-hetero) is 1. The molecule has 0 saturated heterocycles. The minimum atomic E-state index is 0.0707. The van der Waals surface area contributed by atoms with Crippen LogP contribution >= 0.6 is 12.9 Å². The summed E-state index contributed by atoms with van der Waals surface area (Å²) in [6.45, 7) is 3.87. The smallest absolute Gasteiger partial charge is 0.167 e. The molecule has 1 aromatic carbocycles. The maximum atomic E-state index is 12.4. The van der Waals surface area contributed by atoms with Crippen LogP contribution in [0.1, 0.15) is 44.2 Å². The standard InChI is InChI=1S/C18H20O3S/c1-4-6-12-7-9-14(16(11-12)20-3)17-15(19)10-8-13(5-2)18(17)21-22/h7,9,11,13,22H,5,8,10H2,1-3H3. The van der Waals surface area contributed by atoms with E-state index in [0.29, 0.717) is 23.5 Å². The molecule has 0 aliphatic heterocycles. The molecule has 1 aliphatic carbocycles. The first-order valence-electron chi connectivity index (χ1n) is 7.36. The number of hydrogen-bond acceptors (Lipinski definition) is 4. The van der Waals surface area contributed by atoms with E-state index in [4.69, 9.17) is 8.92 Å². The lowest BCUT2D eigenvalue weighted by molar-refractivity contribution is -0.114. The van der Waals surface area contributed by atoms with Crippen molar-refractivity contribution in [2.24, 2.45) is 5.92 Å². The predicted molar refractivity (Wildman–Crippen MR) is 90.6 cm³/mol. The number of hydrogen-bond donors (Lipinski definition) is 1. The molecule has 116 valence electrons. The van der Waals surface area contributed by atoms with E-state index in [9.17, 15) is 4.79 Å². The summed E-state index contributed by atoms with van der Waals surface area (Å²) in [7, 11) is 1.59. The number of ketones is 1. The van der Waals surface area contributed by atoms with Crippen LogP contribution in [0.3, 0.4) is 0 Å². The third kappa shape index (κ3) is 3.15. The fourth-order valence-electron chi connectivity index (χ4n) is 2.82. The minimum Gasteiger partial charge on any atom is -0.496 e. The van der Waals surface area contributed by atoms with Gasteiger partial charge in [0.05, 0.1) is 12.7 Å². The van der Waals surface area contributed by atoms with E-state index >= 15 is 0 Å². The number of ether oxygens (including phenoxy) is 1. The fraction of sp³-hybridized carbons (Fsp3) is 0.389. The van der Waals surface area contributed by atoms with E-state index in [1.807, 2.05) is 18.2 Å². The highest BCUT2D eigenvalue weighted by atomic mass is 32.1. The summed E-state index contributed by atoms with van der Waals surface area (Å²) in [5.74, 6) is 7.41. The molecule has 4 heteroatoms. The van der Waals surface area contributed by atoms with Crippen LogP contribution in [-0.2, 0) is 8.98 Å². The van der Waals surface area contributed by atoms with E-state index in [0.717, 1.165) is 24.0 Å². The van der Waals surface area contributed by atoms with Gasteiger partial charge >= 0.3 is 0 Å². The molecule has 22 heavy (non-hydrogen) atoms. The van der Waals surface area contributed by atoms with Crippen LogP contribution in [0.4, 0.5) is 0 Å². The second-order valence-corrected chi connectivity index (χ2v) is 5.37. The number of thiol groups is 1. The topological polar surface area (TPSA) is 35.5 Å². The Morgan fingerprint density at radius 2 is 2.18 bits per heavy atom. The summed E-state index contributed by atoms with van der Waals surface area (Å²) < 4.78 is 10.7. The molecule has 0 aromatic heterocycles. The molecule has 0 N–H and O–H groups in total. The molecule has 1 aliphatic rings. The van der Waals surface area contributed by atoms with Crippen molar-refractivity contribution in [3.63, 3.8) is 0 Å². The molecule has 0 amide bonds. The first kappa shape index (κ1) is 16.5. The quantitative estimate of drug-likeness (QED) is 0.517. The van der Waals surface area contributed by atoms with Crippen LogP contribution in [0.25, 0.3) is 5.57 Å². The summed E-state index contributed by atoms with van der Waals surface area (Å²) in [4.78, 5) is 12.4. The average Bonchev–Trinajstić information content (AvgIpc) is 2.55. The molecular formula is C18H20O3S. The average molecular weight is 316 g/mol. The van der Waals surface area contributed by atoms with Crippen LogP contribution in [0.15, 0.2) is 24.0 Å². The molecule has 1 unspecified atom stereocenters. The Kier molecular flexibility index (Phi) is 5.57. The molecule has 3 nitrogen and oxygen atoms in total. The van der Waals surface area contributed by atoms with E-state index in [1.165, 1.54) is 0 Å². The second kappa shape index (κ2) is 7.42. The summed E-state index contributed by atoms with van der Waals surface area (Å²) in [5.41, 5.74) is 2.18. The highest BCUT2D eigenvalue weighted by Crippen LogP contribution is 2.40. The highest BCUT2D eigenvalue weighted by Gasteiger charge is 2.31. The molecular weight excluding hydrogens is 296 g/mol. The van der Waals surface area contributed by atoms with Crippen molar-refractivity contribution in [2.45, 2.75) is 33.1 Å². The minimum absolute atomic E-state index is 0.0707. The van der Waals surface area contributed by atoms with Gasteiger partial charge in [0.15, 0.2) is 5.78 Å². The zero-order valence-corrected chi connectivity index (χ0v) is 14.0. The Hall–Kier alpha value is -1.86. The molecule has 1 aromatic rings. The Balaban J connectivity index is 2.62. The molecule has 0 heterocycles. The Morgan fingerprint density at radius 1 is 1.41 bits per heavy atom. The number of rotatable bonds is 4. The molecule has 0 fully saturated rings. The van der Waals surface area contributed by atoms with Crippen molar-refractivity contribution in [2.75, 3.05) is 7.11 Å². The van der Waals surface area contributed by atoms with Crippen molar-refractivity contribution >= 4 is 24.3 Å². The van der Waals surface area contributed by atoms with Gasteiger partial charge in [-0.3, -0.25) is 4.79 Å². The van der Waals surface area contributed by atoms with Crippen molar-refractivity contribution in [1.29, 1.82) is 0 Å². The number of allylic oxidation sites excluding steroid dienone is 2. The third-order valence-electron chi connectivity index (χ3n) is 3.95. The van der Waals surface area contributed by atoms with Crippen molar-refractivity contribution in [3.8, 4) is 17.6 Å². The first-order chi connectivity index (χ1) is 10.7. The molecule has 0 spiro atoms. The van der Waals surface area contributed by atoms with Gasteiger partial charge in [0, 0.05) is 36.4 Å². The summed E-state index contributed by atoms with van der Waals surface area (Å²) in [6, 6.07) is 5.61. The van der Waals surface area contributed by atoms with Gasteiger partial charge in [0.2, 0.25) is 0 Å². The van der Waals surface area contributed by atoms with Gasteiger partial charge < -0.3 is 8.92 Å². The number of carbonyl (C=O) groups excluding carboxylic acids is 1. The Morgan fingerprint density at radius 3 is 2.77 bits per heavy atom. The monoisotopic (exact) mass is 316 g/mol. The lowest BCUT2D eigenvalue weighted by Gasteiger charge is -2.25. The van der Waals surface area contributed by atoms with Gasteiger partial charge in [-0.2, -0.15) is 0 Å². The first-order valence-corrected chi connectivity index (χ1v) is 7.72. The SMILES string of the molecule is CC#Cc1ccc(C2=C(OS)C(CC)CCC2=O)c(OC)c1.